The summed E-state index contributed by atoms with van der Waals surface area (Å²) in [6.45, 7) is 0.120. The van der Waals surface area contributed by atoms with Crippen LogP contribution in [0.1, 0.15) is 25.7 Å². The molecule has 19 heavy (non-hydrogen) atoms. The Morgan fingerprint density at radius 1 is 1.26 bits per heavy atom. The van der Waals surface area contributed by atoms with Crippen LogP contribution in [0.25, 0.3) is 0 Å². The molecule has 1 aliphatic rings. The van der Waals surface area contributed by atoms with Crippen LogP contribution in [0, 0.1) is 5.92 Å². The molecule has 6 heteroatoms. The largest absolute Gasteiger partial charge is 0.396 e. The van der Waals surface area contributed by atoms with Crippen LogP contribution in [0.2, 0.25) is 0 Å². The normalized spacial score (nSPS) is 24.1. The Hall–Kier alpha value is -1.11. The minimum absolute atomic E-state index is 0.0987. The van der Waals surface area contributed by atoms with Crippen LogP contribution in [-0.4, -0.2) is 26.2 Å². The Labute approximate surface area is 113 Å². The van der Waals surface area contributed by atoms with Gasteiger partial charge in [0, 0.05) is 18.6 Å². The number of anilines is 1. The fraction of sp³-hybridized carbons (Fsp3) is 0.538. The van der Waals surface area contributed by atoms with Crippen molar-refractivity contribution in [3.05, 3.63) is 24.3 Å². The van der Waals surface area contributed by atoms with Gasteiger partial charge in [0.05, 0.1) is 5.69 Å². The van der Waals surface area contributed by atoms with Gasteiger partial charge in [-0.05, 0) is 25.0 Å². The fourth-order valence-corrected chi connectivity index (χ4v) is 3.35. The summed E-state index contributed by atoms with van der Waals surface area (Å²) in [6, 6.07) is 6.72. The number of nitrogens with two attached hydrogens (primary N) is 1. The van der Waals surface area contributed by atoms with E-state index in [0.29, 0.717) is 5.69 Å². The molecule has 1 aromatic carbocycles. The third kappa shape index (κ3) is 3.46. The van der Waals surface area contributed by atoms with Crippen molar-refractivity contribution in [2.75, 3.05) is 11.9 Å². The molecule has 0 heterocycles. The fourth-order valence-electron chi connectivity index (χ4n) is 2.65. The van der Waals surface area contributed by atoms with Crippen molar-refractivity contribution in [1.29, 1.82) is 0 Å². The molecule has 2 rings (SSSR count). The smallest absolute Gasteiger partial charge is 0.240 e. The van der Waals surface area contributed by atoms with Gasteiger partial charge < -0.3 is 10.4 Å². The average molecular weight is 284 g/mol. The van der Waals surface area contributed by atoms with Gasteiger partial charge in [0.25, 0.3) is 0 Å². The molecule has 2 unspecified atom stereocenters. The van der Waals surface area contributed by atoms with E-state index in [1.54, 1.807) is 18.2 Å². The molecule has 0 radical (unpaired) electrons. The predicted octanol–water partition coefficient (Wildman–Crippen LogP) is 1.30. The summed E-state index contributed by atoms with van der Waals surface area (Å²) in [6.07, 6.45) is 4.10. The number of aliphatic hydroxyl groups excluding tert-OH is 1. The summed E-state index contributed by atoms with van der Waals surface area (Å²) < 4.78 is 23.1. The maximum Gasteiger partial charge on any atom is 0.240 e. The third-order valence-electron chi connectivity index (χ3n) is 3.68. The zero-order chi connectivity index (χ0) is 13.9. The van der Waals surface area contributed by atoms with E-state index in [4.69, 9.17) is 5.14 Å². The highest BCUT2D eigenvalue weighted by molar-refractivity contribution is 7.89. The van der Waals surface area contributed by atoms with Gasteiger partial charge in [-0.2, -0.15) is 0 Å². The zero-order valence-electron chi connectivity index (χ0n) is 10.7. The number of para-hydroxylation sites is 1. The van der Waals surface area contributed by atoms with Gasteiger partial charge in [0.2, 0.25) is 10.0 Å². The molecule has 4 N–H and O–H groups in total. The molecule has 1 fully saturated rings. The lowest BCUT2D eigenvalue weighted by molar-refractivity contribution is 0.178. The van der Waals surface area contributed by atoms with Crippen LogP contribution in [0.5, 0.6) is 0 Å². The van der Waals surface area contributed by atoms with Gasteiger partial charge in [-0.15, -0.1) is 0 Å². The minimum atomic E-state index is -3.73. The van der Waals surface area contributed by atoms with E-state index in [9.17, 15) is 13.5 Å². The third-order valence-corrected chi connectivity index (χ3v) is 4.65. The monoisotopic (exact) mass is 284 g/mol. The van der Waals surface area contributed by atoms with Gasteiger partial charge >= 0.3 is 0 Å². The summed E-state index contributed by atoms with van der Waals surface area (Å²) in [5.74, 6) is 0.169. The number of benzene rings is 1. The van der Waals surface area contributed by atoms with E-state index in [0.717, 1.165) is 25.7 Å². The molecule has 1 aliphatic carbocycles. The standard InChI is InChI=1S/C13H20N2O3S/c14-19(17,18)13-8-4-3-7-12(13)15-11-6-2-1-5-10(11)9-16/h3-4,7-8,10-11,15-16H,1-2,5-6,9H2,(H2,14,17,18). The molecule has 1 aromatic rings. The maximum atomic E-state index is 11.5. The Balaban J connectivity index is 2.23. The molecule has 2 atom stereocenters. The van der Waals surface area contributed by atoms with Crippen molar-refractivity contribution in [1.82, 2.24) is 0 Å². The molecular formula is C13H20N2O3S. The Morgan fingerprint density at radius 3 is 2.63 bits per heavy atom. The van der Waals surface area contributed by atoms with Gasteiger partial charge in [-0.1, -0.05) is 25.0 Å². The highest BCUT2D eigenvalue weighted by Gasteiger charge is 2.25. The van der Waals surface area contributed by atoms with Crippen molar-refractivity contribution in [3.8, 4) is 0 Å². The molecule has 0 aliphatic heterocycles. The topological polar surface area (TPSA) is 92.4 Å². The summed E-state index contributed by atoms with van der Waals surface area (Å²) in [4.78, 5) is 0.109. The van der Waals surface area contributed by atoms with Crippen LogP contribution < -0.4 is 10.5 Å². The lowest BCUT2D eigenvalue weighted by Crippen LogP contribution is -2.35. The highest BCUT2D eigenvalue weighted by Crippen LogP contribution is 2.29. The maximum absolute atomic E-state index is 11.5. The Morgan fingerprint density at radius 2 is 1.95 bits per heavy atom. The molecule has 0 spiro atoms. The number of nitrogens with one attached hydrogen (secondary N) is 1. The number of aliphatic hydroxyl groups is 1. The number of hydrogen-bond donors (Lipinski definition) is 3. The molecule has 0 amide bonds. The van der Waals surface area contributed by atoms with Gasteiger partial charge in [0.15, 0.2) is 0 Å². The lowest BCUT2D eigenvalue weighted by atomic mass is 9.85. The van der Waals surface area contributed by atoms with E-state index in [1.165, 1.54) is 6.07 Å². The lowest BCUT2D eigenvalue weighted by Gasteiger charge is -2.32. The van der Waals surface area contributed by atoms with Crippen molar-refractivity contribution < 1.29 is 13.5 Å². The molecule has 106 valence electrons. The first-order valence-corrected chi connectivity index (χ1v) is 8.06. The number of sulfonamides is 1. The van der Waals surface area contributed by atoms with Crippen molar-refractivity contribution >= 4 is 15.7 Å². The first-order valence-electron chi connectivity index (χ1n) is 6.51. The summed E-state index contributed by atoms with van der Waals surface area (Å²) >= 11 is 0. The van der Waals surface area contributed by atoms with Crippen molar-refractivity contribution in [2.24, 2.45) is 11.1 Å². The zero-order valence-corrected chi connectivity index (χ0v) is 11.6. The van der Waals surface area contributed by atoms with E-state index in [1.807, 2.05) is 0 Å². The SMILES string of the molecule is NS(=O)(=O)c1ccccc1NC1CCCCC1CO. The van der Waals surface area contributed by atoms with Crippen LogP contribution in [0.4, 0.5) is 5.69 Å². The summed E-state index contributed by atoms with van der Waals surface area (Å²) in [7, 11) is -3.73. The second-order valence-electron chi connectivity index (χ2n) is 5.02. The van der Waals surface area contributed by atoms with E-state index in [2.05, 4.69) is 5.32 Å². The molecule has 0 saturated heterocycles. The van der Waals surface area contributed by atoms with Crippen LogP contribution in [0.15, 0.2) is 29.2 Å². The predicted molar refractivity (Wildman–Crippen MR) is 74.3 cm³/mol. The van der Waals surface area contributed by atoms with E-state index >= 15 is 0 Å². The van der Waals surface area contributed by atoms with Gasteiger partial charge in [-0.25, -0.2) is 13.6 Å². The molecular weight excluding hydrogens is 264 g/mol. The highest BCUT2D eigenvalue weighted by atomic mass is 32.2. The second-order valence-corrected chi connectivity index (χ2v) is 6.55. The summed E-state index contributed by atoms with van der Waals surface area (Å²) in [5, 5.41) is 17.8. The van der Waals surface area contributed by atoms with Crippen LogP contribution in [0.3, 0.4) is 0 Å². The first-order chi connectivity index (χ1) is 9.02. The number of rotatable bonds is 4. The summed E-state index contributed by atoms with van der Waals surface area (Å²) in [5.41, 5.74) is 0.523. The average Bonchev–Trinajstić information content (AvgIpc) is 2.39. The molecule has 0 bridgehead atoms. The first kappa shape index (κ1) is 14.3. The van der Waals surface area contributed by atoms with Gasteiger partial charge in [-0.3, -0.25) is 0 Å². The molecule has 0 aromatic heterocycles. The Bertz CT molecular complexity index is 530. The number of primary sulfonamides is 1. The van der Waals surface area contributed by atoms with Crippen LogP contribution in [-0.2, 0) is 10.0 Å². The van der Waals surface area contributed by atoms with Crippen molar-refractivity contribution in [3.63, 3.8) is 0 Å². The quantitative estimate of drug-likeness (QED) is 0.777. The van der Waals surface area contributed by atoms with Crippen LogP contribution >= 0.6 is 0 Å². The minimum Gasteiger partial charge on any atom is -0.396 e. The van der Waals surface area contributed by atoms with Gasteiger partial charge in [0.1, 0.15) is 4.90 Å². The molecule has 5 nitrogen and oxygen atoms in total. The molecule has 1 saturated carbocycles. The Kier molecular flexibility index (Phi) is 4.44. The second kappa shape index (κ2) is 5.90. The number of hydrogen-bond acceptors (Lipinski definition) is 4. The van der Waals surface area contributed by atoms with E-state index < -0.39 is 10.0 Å². The van der Waals surface area contributed by atoms with Crippen molar-refractivity contribution in [2.45, 2.75) is 36.6 Å². The van der Waals surface area contributed by atoms with E-state index in [-0.39, 0.29) is 23.5 Å².